The van der Waals surface area contributed by atoms with E-state index in [0.29, 0.717) is 39.5 Å². The van der Waals surface area contributed by atoms with Crippen molar-refractivity contribution in [3.05, 3.63) is 82.3 Å². The third kappa shape index (κ3) is 5.10. The van der Waals surface area contributed by atoms with Gasteiger partial charge in [-0.15, -0.1) is 0 Å². The topological polar surface area (TPSA) is 67.9 Å². The molecule has 0 bridgehead atoms. The van der Waals surface area contributed by atoms with E-state index in [0.717, 1.165) is 5.56 Å². The number of anilines is 2. The van der Waals surface area contributed by atoms with Crippen LogP contribution in [-0.4, -0.2) is 25.0 Å². The number of fused-ring (bicyclic) bond motifs is 1. The van der Waals surface area contributed by atoms with Crippen molar-refractivity contribution in [3.63, 3.8) is 0 Å². The van der Waals surface area contributed by atoms with Crippen LogP contribution < -0.4 is 19.7 Å². The van der Waals surface area contributed by atoms with Crippen molar-refractivity contribution in [1.29, 1.82) is 0 Å². The average Bonchev–Trinajstić information content (AvgIpc) is 2.76. The fourth-order valence-corrected chi connectivity index (χ4v) is 3.61. The van der Waals surface area contributed by atoms with E-state index in [2.05, 4.69) is 5.32 Å². The number of rotatable bonds is 6. The number of halogens is 2. The molecule has 1 N–H and O–H groups in total. The van der Waals surface area contributed by atoms with Crippen molar-refractivity contribution in [3.8, 4) is 11.5 Å². The van der Waals surface area contributed by atoms with Gasteiger partial charge in [-0.2, -0.15) is 0 Å². The maximum absolute atomic E-state index is 12.5. The van der Waals surface area contributed by atoms with Crippen LogP contribution in [0.15, 0.2) is 66.7 Å². The minimum Gasteiger partial charge on any atom is -0.482 e. The second kappa shape index (κ2) is 9.29. The first-order valence-electron chi connectivity index (χ1n) is 9.48. The average molecular weight is 457 g/mol. The van der Waals surface area contributed by atoms with Crippen molar-refractivity contribution in [2.45, 2.75) is 6.54 Å². The molecule has 31 heavy (non-hydrogen) atoms. The Morgan fingerprint density at radius 3 is 2.65 bits per heavy atom. The van der Waals surface area contributed by atoms with E-state index in [4.69, 9.17) is 32.7 Å². The lowest BCUT2D eigenvalue weighted by atomic mass is 10.1. The van der Waals surface area contributed by atoms with Crippen molar-refractivity contribution in [1.82, 2.24) is 0 Å². The van der Waals surface area contributed by atoms with Crippen LogP contribution >= 0.6 is 23.2 Å². The Hall–Kier alpha value is -3.22. The second-order valence-corrected chi connectivity index (χ2v) is 7.69. The van der Waals surface area contributed by atoms with Gasteiger partial charge in [-0.05, 0) is 42.0 Å². The molecule has 0 aliphatic carbocycles. The molecule has 4 rings (SSSR count). The van der Waals surface area contributed by atoms with Gasteiger partial charge in [0.05, 0.1) is 17.3 Å². The number of hydrogen-bond acceptors (Lipinski definition) is 4. The summed E-state index contributed by atoms with van der Waals surface area (Å²) in [6.07, 6.45) is 0. The molecule has 3 aromatic rings. The summed E-state index contributed by atoms with van der Waals surface area (Å²) in [5, 5.41) is 3.57. The number of hydrogen-bond donors (Lipinski definition) is 1. The highest BCUT2D eigenvalue weighted by Crippen LogP contribution is 2.35. The maximum Gasteiger partial charge on any atom is 0.265 e. The summed E-state index contributed by atoms with van der Waals surface area (Å²) in [6, 6.07) is 19.6. The largest absolute Gasteiger partial charge is 0.482 e. The van der Waals surface area contributed by atoms with Gasteiger partial charge in [-0.25, -0.2) is 0 Å². The van der Waals surface area contributed by atoms with Gasteiger partial charge in [-0.1, -0.05) is 53.5 Å². The number of carbonyl (C=O) groups excluding carboxylic acids is 2. The molecule has 1 heterocycles. The quantitative estimate of drug-likeness (QED) is 0.570. The molecule has 0 atom stereocenters. The Morgan fingerprint density at radius 1 is 1.06 bits per heavy atom. The summed E-state index contributed by atoms with van der Waals surface area (Å²) < 4.78 is 11.0. The number of ether oxygens (including phenoxy) is 2. The molecule has 2 amide bonds. The lowest BCUT2D eigenvalue weighted by molar-refractivity contribution is -0.121. The third-order valence-electron chi connectivity index (χ3n) is 4.62. The predicted octanol–water partition coefficient (Wildman–Crippen LogP) is 4.94. The first-order chi connectivity index (χ1) is 15.0. The molecule has 1 aliphatic heterocycles. The first-order valence-corrected chi connectivity index (χ1v) is 10.2. The molecule has 0 saturated heterocycles. The summed E-state index contributed by atoms with van der Waals surface area (Å²) in [4.78, 5) is 26.5. The van der Waals surface area contributed by atoms with E-state index in [1.54, 1.807) is 35.2 Å². The van der Waals surface area contributed by atoms with Crippen molar-refractivity contribution >= 4 is 46.4 Å². The highest BCUT2D eigenvalue weighted by molar-refractivity contribution is 6.35. The van der Waals surface area contributed by atoms with Crippen molar-refractivity contribution in [2.24, 2.45) is 0 Å². The van der Waals surface area contributed by atoms with Gasteiger partial charge >= 0.3 is 0 Å². The van der Waals surface area contributed by atoms with E-state index >= 15 is 0 Å². The standard InChI is InChI=1S/C23H18Cl2N2O4/c24-16-6-8-20(18(25)10-16)30-13-22(28)26-17-7-9-21-19(11-17)27(23(29)14-31-21)12-15-4-2-1-3-5-15/h1-11H,12-14H2,(H,26,28). The molecule has 0 unspecified atom stereocenters. The molecule has 3 aromatic carbocycles. The normalized spacial score (nSPS) is 12.7. The van der Waals surface area contributed by atoms with E-state index < -0.39 is 0 Å². The van der Waals surface area contributed by atoms with Crippen LogP contribution in [0.5, 0.6) is 11.5 Å². The fraction of sp³-hybridized carbons (Fsp3) is 0.130. The van der Waals surface area contributed by atoms with Crippen molar-refractivity contribution < 1.29 is 19.1 Å². The number of benzene rings is 3. The molecule has 0 fully saturated rings. The SMILES string of the molecule is O=C(COc1ccc(Cl)cc1Cl)Nc1ccc2c(c1)N(Cc1ccccc1)C(=O)CO2. The Labute approximate surface area is 189 Å². The van der Waals surface area contributed by atoms with Crippen LogP contribution in [0.25, 0.3) is 0 Å². The van der Waals surface area contributed by atoms with E-state index in [9.17, 15) is 9.59 Å². The van der Waals surface area contributed by atoms with E-state index in [1.165, 1.54) is 6.07 Å². The Bertz CT molecular complexity index is 1120. The molecule has 0 aromatic heterocycles. The molecule has 158 valence electrons. The van der Waals surface area contributed by atoms with Crippen molar-refractivity contribution in [2.75, 3.05) is 23.4 Å². The van der Waals surface area contributed by atoms with Crippen LogP contribution in [0.4, 0.5) is 11.4 Å². The van der Waals surface area contributed by atoms with Gasteiger partial charge < -0.3 is 19.7 Å². The maximum atomic E-state index is 12.5. The smallest absolute Gasteiger partial charge is 0.265 e. The molecular weight excluding hydrogens is 439 g/mol. The van der Waals surface area contributed by atoms with Crippen LogP contribution in [0.3, 0.4) is 0 Å². The lowest BCUT2D eigenvalue weighted by Gasteiger charge is -2.30. The number of nitrogens with zero attached hydrogens (tertiary/aromatic N) is 1. The third-order valence-corrected chi connectivity index (χ3v) is 5.15. The van der Waals surface area contributed by atoms with Crippen LogP contribution in [0.2, 0.25) is 10.0 Å². The minimum atomic E-state index is -0.372. The van der Waals surface area contributed by atoms with Gasteiger partial charge in [-0.3, -0.25) is 9.59 Å². The zero-order valence-corrected chi connectivity index (χ0v) is 17.8. The highest BCUT2D eigenvalue weighted by Gasteiger charge is 2.26. The second-order valence-electron chi connectivity index (χ2n) is 6.85. The summed E-state index contributed by atoms with van der Waals surface area (Å²) in [5.41, 5.74) is 2.11. The number of carbonyl (C=O) groups is 2. The van der Waals surface area contributed by atoms with Crippen LogP contribution in [0.1, 0.15) is 5.56 Å². The van der Waals surface area contributed by atoms with Gasteiger partial charge in [0.25, 0.3) is 11.8 Å². The lowest BCUT2D eigenvalue weighted by Crippen LogP contribution is -2.38. The minimum absolute atomic E-state index is 0.0266. The molecule has 6 nitrogen and oxygen atoms in total. The zero-order chi connectivity index (χ0) is 21.8. The number of amides is 2. The fourth-order valence-electron chi connectivity index (χ4n) is 3.15. The Kier molecular flexibility index (Phi) is 6.30. The molecule has 8 heteroatoms. The molecule has 0 spiro atoms. The van der Waals surface area contributed by atoms with Gasteiger partial charge in [0.2, 0.25) is 0 Å². The Balaban J connectivity index is 1.46. The van der Waals surface area contributed by atoms with E-state index in [-0.39, 0.29) is 25.0 Å². The Morgan fingerprint density at radius 2 is 1.87 bits per heavy atom. The van der Waals surface area contributed by atoms with Gasteiger partial charge in [0, 0.05) is 10.7 Å². The van der Waals surface area contributed by atoms with Gasteiger partial charge in [0.15, 0.2) is 13.2 Å². The summed E-state index contributed by atoms with van der Waals surface area (Å²) in [7, 11) is 0. The monoisotopic (exact) mass is 456 g/mol. The van der Waals surface area contributed by atoms with Crippen LogP contribution in [0, 0.1) is 0 Å². The summed E-state index contributed by atoms with van der Waals surface area (Å²) in [6.45, 7) is 0.147. The summed E-state index contributed by atoms with van der Waals surface area (Å²) in [5.74, 6) is 0.418. The van der Waals surface area contributed by atoms with E-state index in [1.807, 2.05) is 30.3 Å². The molecule has 1 aliphatic rings. The summed E-state index contributed by atoms with van der Waals surface area (Å²) >= 11 is 11.9. The molecule has 0 radical (unpaired) electrons. The highest BCUT2D eigenvalue weighted by atomic mass is 35.5. The zero-order valence-electron chi connectivity index (χ0n) is 16.3. The molecular formula is C23H18Cl2N2O4. The first kappa shape index (κ1) is 21.0. The molecule has 0 saturated carbocycles. The van der Waals surface area contributed by atoms with Crippen LogP contribution in [-0.2, 0) is 16.1 Å². The van der Waals surface area contributed by atoms with Gasteiger partial charge in [0.1, 0.15) is 11.5 Å². The number of nitrogens with one attached hydrogen (secondary N) is 1. The predicted molar refractivity (Wildman–Crippen MR) is 120 cm³/mol.